The Kier molecular flexibility index (Phi) is 13.5. The fourth-order valence-corrected chi connectivity index (χ4v) is 4.13. The van der Waals surface area contributed by atoms with E-state index in [1.165, 1.54) is 23.5 Å². The van der Waals surface area contributed by atoms with Crippen LogP contribution in [-0.4, -0.2) is 78.3 Å². The van der Waals surface area contributed by atoms with Crippen molar-refractivity contribution in [2.75, 3.05) is 39.4 Å². The van der Waals surface area contributed by atoms with E-state index in [0.717, 1.165) is 10.7 Å². The van der Waals surface area contributed by atoms with Gasteiger partial charge >= 0.3 is 11.9 Å². The standard InChI is InChI=1S/C18H24N4O5S.C6H5F.C2H6/c1-2-26-18(25)13-9-20-16(17-19-5-8-28-17)21-14(13)11-22-6-7-27-12(10-22)3-4-15(23)24;7-6-4-2-1-3-5-6;1-2/h5,8,12H,2-4,6-7,9-11H2,1H3,(H,20,21)(H,23,24);1-5H;1-2H3. The first kappa shape index (κ1) is 30.1. The van der Waals surface area contributed by atoms with Crippen LogP contribution in [0.5, 0.6) is 0 Å². The summed E-state index contributed by atoms with van der Waals surface area (Å²) < 4.78 is 22.8. The molecule has 0 bridgehead atoms. The first-order valence-corrected chi connectivity index (χ1v) is 13.2. The summed E-state index contributed by atoms with van der Waals surface area (Å²) in [7, 11) is 0. The molecule has 0 saturated carbocycles. The van der Waals surface area contributed by atoms with Gasteiger partial charge in [-0.15, -0.1) is 11.3 Å². The predicted molar refractivity (Wildman–Crippen MR) is 141 cm³/mol. The molecule has 0 radical (unpaired) electrons. The molecule has 1 saturated heterocycles. The predicted octanol–water partition coefficient (Wildman–Crippen LogP) is 3.73. The number of esters is 1. The molecule has 1 aromatic carbocycles. The number of nitrogens with one attached hydrogen (secondary N) is 1. The Labute approximate surface area is 221 Å². The first-order chi connectivity index (χ1) is 18.0. The lowest BCUT2D eigenvalue weighted by Gasteiger charge is -2.34. The highest BCUT2D eigenvalue weighted by Gasteiger charge is 2.27. The number of halogens is 1. The van der Waals surface area contributed by atoms with Crippen molar-refractivity contribution in [3.05, 3.63) is 64.0 Å². The van der Waals surface area contributed by atoms with Gasteiger partial charge in [-0.3, -0.25) is 14.7 Å². The van der Waals surface area contributed by atoms with Crippen LogP contribution in [0.2, 0.25) is 0 Å². The maximum Gasteiger partial charge on any atom is 0.337 e. The number of nitrogens with zero attached hydrogens (tertiary/aromatic N) is 3. The number of carboxylic acids is 1. The molecular weight excluding hydrogens is 499 g/mol. The van der Waals surface area contributed by atoms with Gasteiger partial charge in [0.25, 0.3) is 0 Å². The van der Waals surface area contributed by atoms with E-state index in [4.69, 9.17) is 14.6 Å². The number of hydrogen-bond acceptors (Lipinski definition) is 9. The first-order valence-electron chi connectivity index (χ1n) is 12.3. The van der Waals surface area contributed by atoms with Crippen molar-refractivity contribution in [2.24, 2.45) is 4.99 Å². The van der Waals surface area contributed by atoms with Crippen molar-refractivity contribution in [1.82, 2.24) is 15.2 Å². The summed E-state index contributed by atoms with van der Waals surface area (Å²) >= 11 is 1.47. The summed E-state index contributed by atoms with van der Waals surface area (Å²) in [6, 6.07) is 7.94. The summed E-state index contributed by atoms with van der Waals surface area (Å²) in [4.78, 5) is 34.1. The summed E-state index contributed by atoms with van der Waals surface area (Å²) in [6.45, 7) is 8.65. The lowest BCUT2D eigenvalue weighted by atomic mass is 10.1. The minimum atomic E-state index is -0.828. The highest BCUT2D eigenvalue weighted by atomic mass is 32.1. The Balaban J connectivity index is 0.000000455. The zero-order chi connectivity index (χ0) is 27.0. The molecule has 202 valence electrons. The number of aromatic nitrogens is 1. The van der Waals surface area contributed by atoms with E-state index in [1.807, 2.05) is 19.2 Å². The number of amidine groups is 1. The molecule has 0 aliphatic carbocycles. The number of carboxylic acid groups (broad SMARTS) is 1. The number of aliphatic carboxylic acids is 1. The SMILES string of the molecule is CC.CCOC(=O)C1=C(CN2CCOC(CCC(=O)O)C2)NC(c2nccs2)=NC1.Fc1ccccc1. The number of ether oxygens (including phenoxy) is 2. The molecule has 1 aromatic heterocycles. The Morgan fingerprint density at radius 1 is 1.30 bits per heavy atom. The number of rotatable bonds is 8. The van der Waals surface area contributed by atoms with Crippen LogP contribution in [0.1, 0.15) is 38.6 Å². The normalized spacial score (nSPS) is 17.3. The molecule has 2 N–H and O–H groups in total. The topological polar surface area (TPSA) is 113 Å². The Morgan fingerprint density at radius 3 is 2.65 bits per heavy atom. The minimum absolute atomic E-state index is 0.0778. The van der Waals surface area contributed by atoms with Gasteiger partial charge in [-0.1, -0.05) is 32.0 Å². The van der Waals surface area contributed by atoms with E-state index in [1.54, 1.807) is 31.3 Å². The van der Waals surface area contributed by atoms with Gasteiger partial charge in [0.05, 0.1) is 31.4 Å². The van der Waals surface area contributed by atoms with Gasteiger partial charge < -0.3 is 19.9 Å². The van der Waals surface area contributed by atoms with Crippen molar-refractivity contribution in [3.8, 4) is 0 Å². The van der Waals surface area contributed by atoms with Gasteiger partial charge in [0, 0.05) is 43.3 Å². The molecule has 2 aromatic rings. The van der Waals surface area contributed by atoms with Crippen LogP contribution < -0.4 is 5.32 Å². The molecule has 1 fully saturated rings. The second-order valence-corrected chi connectivity index (χ2v) is 8.66. The largest absolute Gasteiger partial charge is 0.481 e. The van der Waals surface area contributed by atoms with Gasteiger partial charge in [0.2, 0.25) is 0 Å². The van der Waals surface area contributed by atoms with Crippen LogP contribution in [0, 0.1) is 5.82 Å². The molecule has 1 atom stereocenters. The van der Waals surface area contributed by atoms with Crippen LogP contribution in [-0.2, 0) is 19.1 Å². The highest BCUT2D eigenvalue weighted by molar-refractivity contribution is 7.11. The molecule has 0 spiro atoms. The van der Waals surface area contributed by atoms with Crippen LogP contribution in [0.4, 0.5) is 4.39 Å². The number of morpholine rings is 1. The minimum Gasteiger partial charge on any atom is -0.481 e. The van der Waals surface area contributed by atoms with Gasteiger partial charge in [0.15, 0.2) is 10.8 Å². The van der Waals surface area contributed by atoms with Crippen molar-refractivity contribution >= 4 is 29.1 Å². The average Bonchev–Trinajstić information content (AvgIpc) is 3.45. The molecule has 2 aliphatic heterocycles. The summed E-state index contributed by atoms with van der Waals surface area (Å²) in [5.74, 6) is -0.731. The quantitative estimate of drug-likeness (QED) is 0.493. The van der Waals surface area contributed by atoms with E-state index in [2.05, 4.69) is 20.2 Å². The number of thiazole rings is 1. The summed E-state index contributed by atoms with van der Waals surface area (Å²) in [5, 5.41) is 14.8. The maximum absolute atomic E-state index is 12.4. The molecule has 4 rings (SSSR count). The zero-order valence-corrected chi connectivity index (χ0v) is 22.3. The molecule has 2 aliphatic rings. The van der Waals surface area contributed by atoms with Gasteiger partial charge in [-0.2, -0.15) is 0 Å². The van der Waals surface area contributed by atoms with E-state index < -0.39 is 5.97 Å². The maximum atomic E-state index is 12.4. The van der Waals surface area contributed by atoms with E-state index >= 15 is 0 Å². The van der Waals surface area contributed by atoms with Crippen molar-refractivity contribution in [1.29, 1.82) is 0 Å². The molecule has 37 heavy (non-hydrogen) atoms. The fraction of sp³-hybridized carbons (Fsp3) is 0.462. The Bertz CT molecular complexity index is 1030. The lowest BCUT2D eigenvalue weighted by molar-refractivity contribution is -0.139. The van der Waals surface area contributed by atoms with Gasteiger partial charge in [-0.05, 0) is 25.5 Å². The third kappa shape index (κ3) is 10.4. The Hall–Kier alpha value is -3.15. The third-order valence-corrected chi connectivity index (χ3v) is 5.98. The van der Waals surface area contributed by atoms with Crippen molar-refractivity contribution in [2.45, 2.75) is 39.7 Å². The molecule has 3 heterocycles. The number of benzene rings is 1. The smallest absolute Gasteiger partial charge is 0.337 e. The lowest BCUT2D eigenvalue weighted by Crippen LogP contribution is -2.46. The summed E-state index contributed by atoms with van der Waals surface area (Å²) in [5.41, 5.74) is 1.26. The highest BCUT2D eigenvalue weighted by Crippen LogP contribution is 2.18. The van der Waals surface area contributed by atoms with Crippen molar-refractivity contribution < 1.29 is 28.6 Å². The molecular formula is C26H35FN4O5S. The number of carbonyl (C=O) groups excluding carboxylic acids is 1. The number of aliphatic imine (C=N–C) groups is 1. The van der Waals surface area contributed by atoms with Crippen LogP contribution >= 0.6 is 11.3 Å². The number of carbonyl (C=O) groups is 2. The molecule has 9 nitrogen and oxygen atoms in total. The second-order valence-electron chi connectivity index (χ2n) is 7.76. The number of hydrogen-bond donors (Lipinski definition) is 2. The zero-order valence-electron chi connectivity index (χ0n) is 21.5. The van der Waals surface area contributed by atoms with E-state index in [9.17, 15) is 14.0 Å². The Morgan fingerprint density at radius 2 is 2.05 bits per heavy atom. The van der Waals surface area contributed by atoms with Crippen molar-refractivity contribution in [3.63, 3.8) is 0 Å². The van der Waals surface area contributed by atoms with Crippen LogP contribution in [0.3, 0.4) is 0 Å². The molecule has 1 unspecified atom stereocenters. The van der Waals surface area contributed by atoms with E-state index in [-0.39, 0.29) is 30.9 Å². The average molecular weight is 535 g/mol. The van der Waals surface area contributed by atoms with Gasteiger partial charge in [0.1, 0.15) is 5.82 Å². The van der Waals surface area contributed by atoms with Crippen LogP contribution in [0.25, 0.3) is 0 Å². The summed E-state index contributed by atoms with van der Waals surface area (Å²) in [6.07, 6.45) is 2.12. The molecule has 11 heteroatoms. The van der Waals surface area contributed by atoms with Crippen LogP contribution in [0.15, 0.2) is 58.2 Å². The monoisotopic (exact) mass is 534 g/mol. The second kappa shape index (κ2) is 16.6. The third-order valence-electron chi connectivity index (χ3n) is 5.20. The van der Waals surface area contributed by atoms with E-state index in [0.29, 0.717) is 50.7 Å². The molecule has 0 amide bonds. The van der Waals surface area contributed by atoms with Gasteiger partial charge in [-0.25, -0.2) is 14.2 Å². The fourth-order valence-electron chi connectivity index (χ4n) is 3.54.